The quantitative estimate of drug-likeness (QED) is 0.395. The summed E-state index contributed by atoms with van der Waals surface area (Å²) in [7, 11) is 1.58. The van der Waals surface area contributed by atoms with Gasteiger partial charge in [-0.25, -0.2) is 9.59 Å². The van der Waals surface area contributed by atoms with Crippen molar-refractivity contribution >= 4 is 23.5 Å². The average Bonchev–Trinajstić information content (AvgIpc) is 3.28. The van der Waals surface area contributed by atoms with Crippen LogP contribution in [0, 0.1) is 12.8 Å². The molecule has 0 bridgehead atoms. The van der Waals surface area contributed by atoms with E-state index in [9.17, 15) is 27.9 Å². The van der Waals surface area contributed by atoms with Gasteiger partial charge in [0.2, 0.25) is 5.91 Å². The molecule has 1 unspecified atom stereocenters. The van der Waals surface area contributed by atoms with Crippen molar-refractivity contribution in [2.75, 3.05) is 19.0 Å². The molecule has 4 rings (SSSR count). The zero-order valence-electron chi connectivity index (χ0n) is 19.5. The number of nitrogens with zero attached hydrogens (tertiary/aromatic N) is 1. The molecule has 0 fully saturated rings. The van der Waals surface area contributed by atoms with Crippen LogP contribution in [-0.2, 0) is 16.0 Å². The Balaban J connectivity index is 0.000000479. The number of aromatic amines is 1. The normalized spacial score (nSPS) is 14.4. The highest BCUT2D eigenvalue weighted by atomic mass is 19.4. The SMILES string of the molecule is COc1ccc2c(c1)CC(C(=O)Nc1ccc(-c3cn[nH]c3C)cc1C(=O)O)CO2.O=C(O)C(F)(F)F. The number of H-pyrrole nitrogens is 1. The minimum Gasteiger partial charge on any atom is -0.497 e. The molecule has 0 saturated heterocycles. The van der Waals surface area contributed by atoms with Crippen LogP contribution in [-0.4, -0.2) is 58.1 Å². The number of aromatic carboxylic acids is 1. The van der Waals surface area contributed by atoms with E-state index in [-0.39, 0.29) is 23.8 Å². The van der Waals surface area contributed by atoms with Crippen LogP contribution in [0.1, 0.15) is 21.6 Å². The summed E-state index contributed by atoms with van der Waals surface area (Å²) >= 11 is 0. The number of benzene rings is 2. The van der Waals surface area contributed by atoms with Gasteiger partial charge in [-0.15, -0.1) is 0 Å². The van der Waals surface area contributed by atoms with Gasteiger partial charge in [-0.1, -0.05) is 6.07 Å². The van der Waals surface area contributed by atoms with Crippen LogP contribution < -0.4 is 14.8 Å². The molecule has 0 aliphatic carbocycles. The zero-order chi connectivity index (χ0) is 27.3. The van der Waals surface area contributed by atoms with Gasteiger partial charge in [0.1, 0.15) is 18.1 Å². The van der Waals surface area contributed by atoms with Crippen LogP contribution in [0.25, 0.3) is 11.1 Å². The van der Waals surface area contributed by atoms with Gasteiger partial charge >= 0.3 is 18.1 Å². The smallest absolute Gasteiger partial charge is 0.490 e. The summed E-state index contributed by atoms with van der Waals surface area (Å²) < 4.78 is 42.7. The molecule has 0 spiro atoms. The maximum absolute atomic E-state index is 12.8. The molecule has 196 valence electrons. The first-order valence-electron chi connectivity index (χ1n) is 10.7. The van der Waals surface area contributed by atoms with Crippen molar-refractivity contribution in [3.8, 4) is 22.6 Å². The fourth-order valence-corrected chi connectivity index (χ4v) is 3.54. The Morgan fingerprint density at radius 3 is 2.43 bits per heavy atom. The summed E-state index contributed by atoms with van der Waals surface area (Å²) in [6.45, 7) is 2.08. The maximum Gasteiger partial charge on any atom is 0.490 e. The number of aromatic nitrogens is 2. The summed E-state index contributed by atoms with van der Waals surface area (Å²) in [5.74, 6) is -3.20. The van der Waals surface area contributed by atoms with Gasteiger partial charge in [-0.05, 0) is 54.8 Å². The third-order valence-electron chi connectivity index (χ3n) is 5.44. The van der Waals surface area contributed by atoms with E-state index < -0.39 is 24.0 Å². The van der Waals surface area contributed by atoms with Gasteiger partial charge in [-0.3, -0.25) is 9.89 Å². The van der Waals surface area contributed by atoms with E-state index in [1.807, 2.05) is 25.1 Å². The third-order valence-corrected chi connectivity index (χ3v) is 5.44. The van der Waals surface area contributed by atoms with E-state index in [0.29, 0.717) is 17.7 Å². The number of hydrogen-bond acceptors (Lipinski definition) is 6. The van der Waals surface area contributed by atoms with Gasteiger partial charge in [0.25, 0.3) is 0 Å². The lowest BCUT2D eigenvalue weighted by Crippen LogP contribution is -2.33. The van der Waals surface area contributed by atoms with E-state index in [1.54, 1.807) is 25.4 Å². The van der Waals surface area contributed by atoms with Crippen molar-refractivity contribution in [2.24, 2.45) is 5.92 Å². The number of carboxylic acid groups (broad SMARTS) is 2. The number of hydrogen-bond donors (Lipinski definition) is 4. The number of alkyl halides is 3. The Kier molecular flexibility index (Phi) is 8.05. The molecule has 1 amide bonds. The van der Waals surface area contributed by atoms with Crippen LogP contribution in [0.15, 0.2) is 42.6 Å². The summed E-state index contributed by atoms with van der Waals surface area (Å²) in [5.41, 5.74) is 3.48. The number of carboxylic acids is 2. The van der Waals surface area contributed by atoms with Crippen LogP contribution in [0.3, 0.4) is 0 Å². The van der Waals surface area contributed by atoms with Gasteiger partial charge in [0.05, 0.1) is 30.5 Å². The molecule has 13 heteroatoms. The maximum atomic E-state index is 12.8. The summed E-state index contributed by atoms with van der Waals surface area (Å²) in [4.78, 5) is 33.5. The van der Waals surface area contributed by atoms with Gasteiger partial charge in [0, 0.05) is 11.3 Å². The Labute approximate surface area is 208 Å². The number of halogens is 3. The van der Waals surface area contributed by atoms with E-state index in [2.05, 4.69) is 15.5 Å². The molecule has 37 heavy (non-hydrogen) atoms. The number of anilines is 1. The molecule has 1 aromatic heterocycles. The van der Waals surface area contributed by atoms with Crippen molar-refractivity contribution in [2.45, 2.75) is 19.5 Å². The minimum atomic E-state index is -5.08. The Bertz CT molecular complexity index is 1320. The van der Waals surface area contributed by atoms with Crippen LogP contribution >= 0.6 is 0 Å². The molecule has 4 N–H and O–H groups in total. The Morgan fingerprint density at radius 1 is 1.16 bits per heavy atom. The second-order valence-electron chi connectivity index (χ2n) is 7.95. The average molecular weight is 521 g/mol. The third kappa shape index (κ3) is 6.57. The largest absolute Gasteiger partial charge is 0.497 e. The molecule has 0 radical (unpaired) electrons. The van der Waals surface area contributed by atoms with Gasteiger partial charge in [0.15, 0.2) is 0 Å². The van der Waals surface area contributed by atoms with Crippen LogP contribution in [0.4, 0.5) is 18.9 Å². The van der Waals surface area contributed by atoms with E-state index in [1.165, 1.54) is 6.07 Å². The highest BCUT2D eigenvalue weighted by Crippen LogP contribution is 2.32. The number of aliphatic carboxylic acids is 1. The van der Waals surface area contributed by atoms with Crippen molar-refractivity contribution in [1.29, 1.82) is 0 Å². The number of methoxy groups -OCH3 is 1. The zero-order valence-corrected chi connectivity index (χ0v) is 19.5. The van der Waals surface area contributed by atoms with Crippen molar-refractivity contribution < 1.29 is 47.2 Å². The second kappa shape index (κ2) is 11.0. The van der Waals surface area contributed by atoms with Crippen molar-refractivity contribution in [3.05, 3.63) is 59.4 Å². The van der Waals surface area contributed by atoms with Gasteiger partial charge in [-0.2, -0.15) is 18.3 Å². The number of fused-ring (bicyclic) bond motifs is 1. The Morgan fingerprint density at radius 2 is 1.86 bits per heavy atom. The number of ether oxygens (including phenoxy) is 2. The summed E-state index contributed by atoms with van der Waals surface area (Å²) in [5, 5.41) is 26.3. The van der Waals surface area contributed by atoms with E-state index in [0.717, 1.165) is 22.6 Å². The lowest BCUT2D eigenvalue weighted by molar-refractivity contribution is -0.192. The molecule has 0 saturated carbocycles. The first-order valence-corrected chi connectivity index (χ1v) is 10.7. The number of carbonyl (C=O) groups is 3. The predicted molar refractivity (Wildman–Crippen MR) is 124 cm³/mol. The fraction of sp³-hybridized carbons (Fsp3) is 0.250. The van der Waals surface area contributed by atoms with Crippen LogP contribution in [0.2, 0.25) is 0 Å². The van der Waals surface area contributed by atoms with E-state index >= 15 is 0 Å². The molecular weight excluding hydrogens is 499 g/mol. The standard InChI is InChI=1S/C22H21N3O5.C2HF3O2/c1-12-18(10-23-25-12)13-3-5-19(17(9-13)22(27)28)24-21(26)15-7-14-8-16(29-2)4-6-20(14)30-11-15;3-2(4,5)1(6)7/h3-6,8-10,15H,7,11H2,1-2H3,(H,23,25)(H,24,26)(H,27,28);(H,6,7). The molecule has 3 aromatic rings. The number of rotatable bonds is 5. The minimum absolute atomic E-state index is 0.0141. The van der Waals surface area contributed by atoms with Crippen molar-refractivity contribution in [1.82, 2.24) is 10.2 Å². The second-order valence-corrected chi connectivity index (χ2v) is 7.95. The number of carbonyl (C=O) groups excluding carboxylic acids is 1. The number of aryl methyl sites for hydroxylation is 1. The first kappa shape index (κ1) is 27.0. The molecule has 10 nitrogen and oxygen atoms in total. The molecule has 1 atom stereocenters. The highest BCUT2D eigenvalue weighted by Gasteiger charge is 2.38. The number of amides is 1. The summed E-state index contributed by atoms with van der Waals surface area (Å²) in [6, 6.07) is 10.4. The summed E-state index contributed by atoms with van der Waals surface area (Å²) in [6.07, 6.45) is -2.97. The fourth-order valence-electron chi connectivity index (χ4n) is 3.54. The van der Waals surface area contributed by atoms with Crippen molar-refractivity contribution in [3.63, 3.8) is 0 Å². The van der Waals surface area contributed by atoms with Gasteiger partial charge < -0.3 is 25.0 Å². The predicted octanol–water partition coefficient (Wildman–Crippen LogP) is 3.92. The lowest BCUT2D eigenvalue weighted by Gasteiger charge is -2.25. The molecule has 1 aliphatic rings. The molecular formula is C24H22F3N3O7. The van der Waals surface area contributed by atoms with Crippen LogP contribution in [0.5, 0.6) is 11.5 Å². The topological polar surface area (TPSA) is 151 Å². The number of nitrogens with one attached hydrogen (secondary N) is 2. The monoisotopic (exact) mass is 521 g/mol. The van der Waals surface area contributed by atoms with E-state index in [4.69, 9.17) is 19.4 Å². The lowest BCUT2D eigenvalue weighted by atomic mass is 9.95. The molecule has 2 heterocycles. The highest BCUT2D eigenvalue weighted by molar-refractivity contribution is 6.02. The molecule has 1 aliphatic heterocycles. The molecule has 2 aromatic carbocycles. The Hall–Kier alpha value is -4.55. The first-order chi connectivity index (χ1) is 17.4.